The van der Waals surface area contributed by atoms with Gasteiger partial charge >= 0.3 is 0 Å². The molecule has 0 aliphatic carbocycles. The molecule has 3 rings (SSSR count). The predicted octanol–water partition coefficient (Wildman–Crippen LogP) is 1.99. The van der Waals surface area contributed by atoms with E-state index in [1.807, 2.05) is 37.3 Å². The maximum atomic E-state index is 13.0. The molecule has 29 heavy (non-hydrogen) atoms. The molecule has 0 radical (unpaired) electrons. The summed E-state index contributed by atoms with van der Waals surface area (Å²) >= 11 is 0. The third-order valence-electron chi connectivity index (χ3n) is 4.73. The minimum atomic E-state index is -3.92. The molecule has 2 aromatic carbocycles. The number of carbonyl (C=O) groups excluding carboxylic acids is 2. The molecule has 2 amide bonds. The second kappa shape index (κ2) is 9.19. The number of hydrogen-bond donors (Lipinski definition) is 3. The fraction of sp³-hybridized carbons (Fsp3) is 0.333. The van der Waals surface area contributed by atoms with Gasteiger partial charge in [-0.1, -0.05) is 37.3 Å². The smallest absolute Gasteiger partial charge is 0.241 e. The van der Waals surface area contributed by atoms with Crippen LogP contribution in [0.5, 0.6) is 0 Å². The lowest BCUT2D eigenvalue weighted by Crippen LogP contribution is -2.48. The maximum absolute atomic E-state index is 13.0. The molecule has 1 aliphatic rings. The Morgan fingerprint density at radius 2 is 1.90 bits per heavy atom. The minimum Gasteiger partial charge on any atom is -0.355 e. The first-order valence-corrected chi connectivity index (χ1v) is 11.1. The molecule has 1 heterocycles. The zero-order chi connectivity index (χ0) is 20.9. The third kappa shape index (κ3) is 5.42. The molecule has 0 bridgehead atoms. The first kappa shape index (κ1) is 21.0. The van der Waals surface area contributed by atoms with E-state index in [-0.39, 0.29) is 23.1 Å². The van der Waals surface area contributed by atoms with Crippen LogP contribution in [-0.2, 0) is 32.5 Å². The van der Waals surface area contributed by atoms with E-state index >= 15 is 0 Å². The number of anilines is 1. The Labute approximate surface area is 171 Å². The molecule has 3 N–H and O–H groups in total. The van der Waals surface area contributed by atoms with Crippen LogP contribution in [0, 0.1) is 0 Å². The summed E-state index contributed by atoms with van der Waals surface area (Å²) in [7, 11) is -3.92. The normalized spacial score (nSPS) is 14.6. The van der Waals surface area contributed by atoms with E-state index in [2.05, 4.69) is 15.4 Å². The Morgan fingerprint density at radius 1 is 1.14 bits per heavy atom. The van der Waals surface area contributed by atoms with Crippen LogP contribution in [0.15, 0.2) is 53.4 Å². The summed E-state index contributed by atoms with van der Waals surface area (Å²) in [6.07, 6.45) is 1.80. The van der Waals surface area contributed by atoms with E-state index in [0.717, 1.165) is 17.5 Å². The summed E-state index contributed by atoms with van der Waals surface area (Å²) in [5.41, 5.74) is 2.25. The van der Waals surface area contributed by atoms with Gasteiger partial charge in [-0.05, 0) is 48.6 Å². The number of rotatable bonds is 8. The Kier molecular flexibility index (Phi) is 6.66. The number of sulfonamides is 1. The van der Waals surface area contributed by atoms with E-state index in [1.54, 1.807) is 12.1 Å². The molecular formula is C21H25N3O4S. The molecular weight excluding hydrogens is 390 g/mol. The Hall–Kier alpha value is -2.71. The van der Waals surface area contributed by atoms with E-state index < -0.39 is 16.1 Å². The Balaban J connectivity index is 1.83. The van der Waals surface area contributed by atoms with Crippen molar-refractivity contribution < 1.29 is 18.0 Å². The molecule has 2 aromatic rings. The SMILES string of the molecule is CCCNC(=O)C(Cc1ccccc1)NS(=O)(=O)c1ccc2c(c1)CCC(=O)N2. The van der Waals surface area contributed by atoms with Gasteiger partial charge in [-0.3, -0.25) is 9.59 Å². The van der Waals surface area contributed by atoms with Crippen molar-refractivity contribution in [2.75, 3.05) is 11.9 Å². The lowest BCUT2D eigenvalue weighted by atomic mass is 10.0. The molecule has 7 nitrogen and oxygen atoms in total. The van der Waals surface area contributed by atoms with Crippen molar-refractivity contribution in [2.24, 2.45) is 0 Å². The van der Waals surface area contributed by atoms with Gasteiger partial charge in [0, 0.05) is 18.7 Å². The highest BCUT2D eigenvalue weighted by atomic mass is 32.2. The standard InChI is InChI=1S/C21H25N3O4S/c1-2-12-22-21(26)19(13-15-6-4-3-5-7-15)24-29(27,28)17-9-10-18-16(14-17)8-11-20(25)23-18/h3-7,9-10,14,19,24H,2,8,11-13H2,1H3,(H,22,26)(H,23,25). The van der Waals surface area contributed by atoms with E-state index in [4.69, 9.17) is 0 Å². The summed E-state index contributed by atoms with van der Waals surface area (Å²) < 4.78 is 28.5. The van der Waals surface area contributed by atoms with Gasteiger partial charge in [-0.2, -0.15) is 4.72 Å². The number of fused-ring (bicyclic) bond motifs is 1. The molecule has 8 heteroatoms. The van der Waals surface area contributed by atoms with Crippen molar-refractivity contribution in [1.82, 2.24) is 10.0 Å². The van der Waals surface area contributed by atoms with Crippen LogP contribution in [0.25, 0.3) is 0 Å². The van der Waals surface area contributed by atoms with Gasteiger partial charge in [0.25, 0.3) is 0 Å². The van der Waals surface area contributed by atoms with Gasteiger partial charge in [0.15, 0.2) is 0 Å². The fourth-order valence-electron chi connectivity index (χ4n) is 3.19. The second-order valence-corrected chi connectivity index (χ2v) is 8.74. The molecule has 0 aromatic heterocycles. The van der Waals surface area contributed by atoms with Crippen LogP contribution in [0.1, 0.15) is 30.9 Å². The van der Waals surface area contributed by atoms with Gasteiger partial charge in [0.2, 0.25) is 21.8 Å². The molecule has 154 valence electrons. The highest BCUT2D eigenvalue weighted by Crippen LogP contribution is 2.25. The molecule has 0 saturated carbocycles. The highest BCUT2D eigenvalue weighted by molar-refractivity contribution is 7.89. The van der Waals surface area contributed by atoms with Crippen molar-refractivity contribution in [3.63, 3.8) is 0 Å². The van der Waals surface area contributed by atoms with Gasteiger partial charge < -0.3 is 10.6 Å². The summed E-state index contributed by atoms with van der Waals surface area (Å²) in [6, 6.07) is 12.9. The first-order chi connectivity index (χ1) is 13.9. The summed E-state index contributed by atoms with van der Waals surface area (Å²) in [6.45, 7) is 2.41. The Bertz CT molecular complexity index is 990. The van der Waals surface area contributed by atoms with Gasteiger partial charge in [-0.25, -0.2) is 8.42 Å². The van der Waals surface area contributed by atoms with Crippen molar-refractivity contribution in [1.29, 1.82) is 0 Å². The van der Waals surface area contributed by atoms with Crippen molar-refractivity contribution in [2.45, 2.75) is 43.5 Å². The number of nitrogens with one attached hydrogen (secondary N) is 3. The van der Waals surface area contributed by atoms with E-state index in [0.29, 0.717) is 25.1 Å². The van der Waals surface area contributed by atoms with Gasteiger partial charge in [0.05, 0.1) is 4.90 Å². The molecule has 0 fully saturated rings. The van der Waals surface area contributed by atoms with Crippen LogP contribution in [0.2, 0.25) is 0 Å². The predicted molar refractivity (Wildman–Crippen MR) is 111 cm³/mol. The average Bonchev–Trinajstić information content (AvgIpc) is 2.71. The molecule has 1 unspecified atom stereocenters. The van der Waals surface area contributed by atoms with Gasteiger partial charge in [0.1, 0.15) is 6.04 Å². The zero-order valence-electron chi connectivity index (χ0n) is 16.3. The minimum absolute atomic E-state index is 0.0775. The lowest BCUT2D eigenvalue weighted by Gasteiger charge is -2.20. The number of amides is 2. The average molecular weight is 416 g/mol. The van der Waals surface area contributed by atoms with Crippen LogP contribution < -0.4 is 15.4 Å². The third-order valence-corrected chi connectivity index (χ3v) is 6.20. The quantitative estimate of drug-likeness (QED) is 0.613. The summed E-state index contributed by atoms with van der Waals surface area (Å²) in [5, 5.41) is 5.50. The molecule has 0 saturated heterocycles. The monoisotopic (exact) mass is 415 g/mol. The van der Waals surface area contributed by atoms with Crippen LogP contribution in [0.3, 0.4) is 0 Å². The second-order valence-electron chi connectivity index (χ2n) is 7.02. The molecule has 0 spiro atoms. The van der Waals surface area contributed by atoms with Crippen molar-refractivity contribution in [3.05, 3.63) is 59.7 Å². The summed E-state index contributed by atoms with van der Waals surface area (Å²) in [4.78, 5) is 24.2. The van der Waals surface area contributed by atoms with Crippen LogP contribution in [0.4, 0.5) is 5.69 Å². The van der Waals surface area contributed by atoms with Crippen LogP contribution >= 0.6 is 0 Å². The maximum Gasteiger partial charge on any atom is 0.241 e. The number of aryl methyl sites for hydroxylation is 1. The van der Waals surface area contributed by atoms with Crippen LogP contribution in [-0.4, -0.2) is 32.8 Å². The molecule has 1 atom stereocenters. The number of hydrogen-bond acceptors (Lipinski definition) is 4. The fourth-order valence-corrected chi connectivity index (χ4v) is 4.44. The van der Waals surface area contributed by atoms with Crippen molar-refractivity contribution >= 4 is 27.5 Å². The largest absolute Gasteiger partial charge is 0.355 e. The Morgan fingerprint density at radius 3 is 2.62 bits per heavy atom. The van der Waals surface area contributed by atoms with E-state index in [9.17, 15) is 18.0 Å². The number of carbonyl (C=O) groups is 2. The van der Waals surface area contributed by atoms with Crippen molar-refractivity contribution in [3.8, 4) is 0 Å². The first-order valence-electron chi connectivity index (χ1n) is 9.66. The molecule has 1 aliphatic heterocycles. The lowest BCUT2D eigenvalue weighted by molar-refractivity contribution is -0.122. The number of benzene rings is 2. The topological polar surface area (TPSA) is 104 Å². The highest BCUT2D eigenvalue weighted by Gasteiger charge is 2.27. The summed E-state index contributed by atoms with van der Waals surface area (Å²) in [5.74, 6) is -0.439. The van der Waals surface area contributed by atoms with Gasteiger partial charge in [-0.15, -0.1) is 0 Å². The van der Waals surface area contributed by atoms with E-state index in [1.165, 1.54) is 6.07 Å². The zero-order valence-corrected chi connectivity index (χ0v) is 17.1.